The van der Waals surface area contributed by atoms with Gasteiger partial charge in [0, 0.05) is 18.2 Å². The molecule has 0 radical (unpaired) electrons. The second kappa shape index (κ2) is 10.3. The summed E-state index contributed by atoms with van der Waals surface area (Å²) in [6.07, 6.45) is 1.65. The zero-order valence-corrected chi connectivity index (χ0v) is 19.9. The molecule has 0 spiro atoms. The summed E-state index contributed by atoms with van der Waals surface area (Å²) in [5.74, 6) is -1.12. The Kier molecular flexibility index (Phi) is 6.83. The summed E-state index contributed by atoms with van der Waals surface area (Å²) in [5.41, 5.74) is 2.66. The summed E-state index contributed by atoms with van der Waals surface area (Å²) in [5, 5.41) is 6.07. The number of halogens is 1. The lowest BCUT2D eigenvalue weighted by molar-refractivity contribution is -0.121. The van der Waals surface area contributed by atoms with Crippen LogP contribution in [-0.2, 0) is 11.3 Å². The molecule has 1 aliphatic heterocycles. The molecule has 0 unspecified atom stereocenters. The van der Waals surface area contributed by atoms with Crippen LogP contribution in [0.25, 0.3) is 10.2 Å². The molecule has 3 aromatic carbocycles. The number of nitrogens with one attached hydrogen (secondary N) is 2. The van der Waals surface area contributed by atoms with Gasteiger partial charge in [0.05, 0.1) is 15.8 Å². The number of likely N-dealkylation sites (tertiary alicyclic amines) is 1. The molecule has 1 saturated heterocycles. The number of amides is 2. The standard InChI is InChI=1S/C27H25FN4O2S/c28-22-9-5-4-8-21(22)26(34)31-27-30-23-11-10-20(16-24(23)35-27)29-25(33)19-12-14-32(15-13-19)17-18-6-2-1-3-7-18/h1-11,16,19H,12-15,17H2,(H,29,33)(H,30,31,34). The van der Waals surface area contributed by atoms with E-state index in [2.05, 4.69) is 44.8 Å². The van der Waals surface area contributed by atoms with Crippen LogP contribution in [0, 0.1) is 11.7 Å². The molecule has 0 bridgehead atoms. The molecular formula is C27H25FN4O2S. The predicted molar refractivity (Wildman–Crippen MR) is 137 cm³/mol. The van der Waals surface area contributed by atoms with Crippen molar-refractivity contribution in [1.29, 1.82) is 0 Å². The van der Waals surface area contributed by atoms with Gasteiger partial charge in [0.15, 0.2) is 5.13 Å². The van der Waals surface area contributed by atoms with E-state index < -0.39 is 11.7 Å². The number of hydrogen-bond acceptors (Lipinski definition) is 5. The van der Waals surface area contributed by atoms with Gasteiger partial charge in [-0.1, -0.05) is 53.8 Å². The topological polar surface area (TPSA) is 74.3 Å². The normalized spacial score (nSPS) is 14.7. The first kappa shape index (κ1) is 23.1. The Balaban J connectivity index is 1.18. The van der Waals surface area contributed by atoms with Crippen molar-refractivity contribution in [2.75, 3.05) is 23.7 Å². The van der Waals surface area contributed by atoms with Gasteiger partial charge in [0.2, 0.25) is 5.91 Å². The second-order valence-electron chi connectivity index (χ2n) is 8.66. The monoisotopic (exact) mass is 488 g/mol. The largest absolute Gasteiger partial charge is 0.326 e. The minimum atomic E-state index is -0.581. The van der Waals surface area contributed by atoms with Gasteiger partial charge < -0.3 is 5.32 Å². The average molecular weight is 489 g/mol. The Morgan fingerprint density at radius 1 is 0.971 bits per heavy atom. The quantitative estimate of drug-likeness (QED) is 0.374. The number of piperidine rings is 1. The SMILES string of the molecule is O=C(Nc1nc2ccc(NC(=O)C3CCN(Cc4ccccc4)CC3)cc2s1)c1ccccc1F. The van der Waals surface area contributed by atoms with Crippen LogP contribution in [-0.4, -0.2) is 34.8 Å². The Bertz CT molecular complexity index is 1350. The number of carbonyl (C=O) groups excluding carboxylic acids is 2. The van der Waals surface area contributed by atoms with E-state index in [4.69, 9.17) is 0 Å². The predicted octanol–water partition coefficient (Wildman–Crippen LogP) is 5.54. The molecule has 2 N–H and O–H groups in total. The molecule has 0 aliphatic carbocycles. The summed E-state index contributed by atoms with van der Waals surface area (Å²) in [6, 6.07) is 21.7. The van der Waals surface area contributed by atoms with Crippen LogP contribution in [0.3, 0.4) is 0 Å². The van der Waals surface area contributed by atoms with Crippen LogP contribution in [0.5, 0.6) is 0 Å². The first-order valence-electron chi connectivity index (χ1n) is 11.6. The third kappa shape index (κ3) is 5.55. The number of hydrogen-bond donors (Lipinski definition) is 2. The number of rotatable bonds is 6. The Labute approximate surface area is 206 Å². The highest BCUT2D eigenvalue weighted by atomic mass is 32.1. The summed E-state index contributed by atoms with van der Waals surface area (Å²) >= 11 is 1.28. The number of carbonyl (C=O) groups is 2. The van der Waals surface area contributed by atoms with E-state index in [0.717, 1.165) is 37.2 Å². The lowest BCUT2D eigenvalue weighted by atomic mass is 9.95. The van der Waals surface area contributed by atoms with Gasteiger partial charge >= 0.3 is 0 Å². The number of anilines is 2. The molecule has 178 valence electrons. The van der Waals surface area contributed by atoms with E-state index >= 15 is 0 Å². The van der Waals surface area contributed by atoms with E-state index in [-0.39, 0.29) is 17.4 Å². The molecule has 1 aromatic heterocycles. The van der Waals surface area contributed by atoms with E-state index in [0.29, 0.717) is 16.3 Å². The minimum absolute atomic E-state index is 0.0187. The maximum Gasteiger partial charge on any atom is 0.260 e. The van der Waals surface area contributed by atoms with E-state index in [1.165, 1.54) is 35.1 Å². The van der Waals surface area contributed by atoms with Gasteiger partial charge in [0.25, 0.3) is 5.91 Å². The van der Waals surface area contributed by atoms with Crippen molar-refractivity contribution in [1.82, 2.24) is 9.88 Å². The molecule has 5 rings (SSSR count). The summed E-state index contributed by atoms with van der Waals surface area (Å²) in [7, 11) is 0. The first-order chi connectivity index (χ1) is 17.0. The van der Waals surface area contributed by atoms with Gasteiger partial charge in [-0.15, -0.1) is 0 Å². The fourth-order valence-electron chi connectivity index (χ4n) is 4.30. The van der Waals surface area contributed by atoms with Crippen LogP contribution in [0.15, 0.2) is 72.8 Å². The number of benzene rings is 3. The number of fused-ring (bicyclic) bond motifs is 1. The zero-order chi connectivity index (χ0) is 24.2. The molecular weight excluding hydrogens is 463 g/mol. The fourth-order valence-corrected chi connectivity index (χ4v) is 5.21. The number of thiazole rings is 1. The molecule has 2 heterocycles. The van der Waals surface area contributed by atoms with Crippen LogP contribution in [0.1, 0.15) is 28.8 Å². The molecule has 0 saturated carbocycles. The number of aromatic nitrogens is 1. The van der Waals surface area contributed by atoms with Crippen LogP contribution >= 0.6 is 11.3 Å². The maximum absolute atomic E-state index is 13.9. The second-order valence-corrected chi connectivity index (χ2v) is 9.69. The van der Waals surface area contributed by atoms with Crippen molar-refractivity contribution in [2.24, 2.45) is 5.92 Å². The third-order valence-electron chi connectivity index (χ3n) is 6.20. The van der Waals surface area contributed by atoms with Crippen molar-refractivity contribution in [3.63, 3.8) is 0 Å². The highest BCUT2D eigenvalue weighted by Gasteiger charge is 2.25. The zero-order valence-electron chi connectivity index (χ0n) is 19.0. The smallest absolute Gasteiger partial charge is 0.260 e. The van der Waals surface area contributed by atoms with Gasteiger partial charge in [-0.05, 0) is 61.8 Å². The Hall–Kier alpha value is -3.62. The highest BCUT2D eigenvalue weighted by Crippen LogP contribution is 2.29. The molecule has 4 aromatic rings. The minimum Gasteiger partial charge on any atom is -0.326 e. The van der Waals surface area contributed by atoms with Crippen molar-refractivity contribution in [2.45, 2.75) is 19.4 Å². The Morgan fingerprint density at radius 3 is 2.49 bits per heavy atom. The van der Waals surface area contributed by atoms with Crippen molar-refractivity contribution in [3.05, 3.63) is 89.7 Å². The average Bonchev–Trinajstić information content (AvgIpc) is 3.27. The molecule has 35 heavy (non-hydrogen) atoms. The lowest BCUT2D eigenvalue weighted by Crippen LogP contribution is -2.37. The Morgan fingerprint density at radius 2 is 1.71 bits per heavy atom. The molecule has 1 aliphatic rings. The van der Waals surface area contributed by atoms with Crippen LogP contribution in [0.2, 0.25) is 0 Å². The highest BCUT2D eigenvalue weighted by molar-refractivity contribution is 7.22. The van der Waals surface area contributed by atoms with E-state index in [1.54, 1.807) is 6.07 Å². The van der Waals surface area contributed by atoms with Crippen LogP contribution < -0.4 is 10.6 Å². The first-order valence-corrected chi connectivity index (χ1v) is 12.4. The van der Waals surface area contributed by atoms with Crippen molar-refractivity contribution < 1.29 is 14.0 Å². The fraction of sp³-hybridized carbons (Fsp3) is 0.222. The van der Waals surface area contributed by atoms with Crippen molar-refractivity contribution >= 4 is 44.2 Å². The summed E-state index contributed by atoms with van der Waals surface area (Å²) < 4.78 is 14.7. The lowest BCUT2D eigenvalue weighted by Gasteiger charge is -2.31. The van der Waals surface area contributed by atoms with Crippen molar-refractivity contribution in [3.8, 4) is 0 Å². The summed E-state index contributed by atoms with van der Waals surface area (Å²) in [4.78, 5) is 32.0. The molecule has 8 heteroatoms. The maximum atomic E-state index is 13.9. The van der Waals surface area contributed by atoms with Gasteiger partial charge in [-0.2, -0.15) is 0 Å². The molecule has 6 nitrogen and oxygen atoms in total. The third-order valence-corrected chi connectivity index (χ3v) is 7.14. The molecule has 2 amide bonds. The molecule has 0 atom stereocenters. The summed E-state index contributed by atoms with van der Waals surface area (Å²) in [6.45, 7) is 2.70. The number of nitrogens with zero attached hydrogens (tertiary/aromatic N) is 2. The van der Waals surface area contributed by atoms with Gasteiger partial charge in [0.1, 0.15) is 5.82 Å². The molecule has 1 fully saturated rings. The van der Waals surface area contributed by atoms with Gasteiger partial charge in [-0.3, -0.25) is 19.8 Å². The van der Waals surface area contributed by atoms with Gasteiger partial charge in [-0.25, -0.2) is 9.37 Å². The van der Waals surface area contributed by atoms with Crippen LogP contribution in [0.4, 0.5) is 15.2 Å². The van der Waals surface area contributed by atoms with E-state index in [1.807, 2.05) is 24.3 Å². The van der Waals surface area contributed by atoms with E-state index in [9.17, 15) is 14.0 Å².